The first-order valence-corrected chi connectivity index (χ1v) is 6.77. The van der Waals surface area contributed by atoms with E-state index < -0.39 is 13.5 Å². The molecule has 1 aromatic carbocycles. The number of hydrogen-bond donors (Lipinski definition) is 3. The number of aromatic nitrogens is 1. The van der Waals surface area contributed by atoms with Crippen LogP contribution < -0.4 is 0 Å². The molecule has 0 fully saturated rings. The Morgan fingerprint density at radius 3 is 2.17 bits per heavy atom. The summed E-state index contributed by atoms with van der Waals surface area (Å²) in [6, 6.07) is 11.6. The fourth-order valence-electron chi connectivity index (χ4n) is 1.49. The zero-order valence-corrected chi connectivity index (χ0v) is 10.2. The number of benzene rings is 1. The molecular weight excluding hydrogens is 253 g/mol. The van der Waals surface area contributed by atoms with E-state index in [9.17, 15) is 4.79 Å². The molecule has 0 spiro atoms. The number of rotatable bonds is 3. The Balaban J connectivity index is 2.29. The summed E-state index contributed by atoms with van der Waals surface area (Å²) >= 11 is 0. The predicted octanol–water partition coefficient (Wildman–Crippen LogP) is 1.63. The van der Waals surface area contributed by atoms with Gasteiger partial charge in [0.2, 0.25) is 0 Å². The Morgan fingerprint density at radius 2 is 1.67 bits per heavy atom. The average molecular weight is 264 g/mol. The van der Waals surface area contributed by atoms with Crippen LogP contribution in [0, 0.1) is 0 Å². The van der Waals surface area contributed by atoms with Crippen molar-refractivity contribution in [2.75, 3.05) is 0 Å². The molecule has 3 N–H and O–H groups in total. The van der Waals surface area contributed by atoms with Crippen molar-refractivity contribution in [1.29, 1.82) is 0 Å². The molecule has 0 amide bonds. The molecule has 1 heterocycles. The van der Waals surface area contributed by atoms with E-state index in [0.717, 1.165) is 11.3 Å². The summed E-state index contributed by atoms with van der Waals surface area (Å²) in [6.07, 6.45) is 1.65. The summed E-state index contributed by atoms with van der Waals surface area (Å²) in [7, 11) is -4.47. The van der Waals surface area contributed by atoms with Crippen LogP contribution in [0.5, 0.6) is 0 Å². The summed E-state index contributed by atoms with van der Waals surface area (Å²) in [5, 5.41) is 0. The molecule has 0 aliphatic rings. The Hall–Kier alpha value is -1.65. The van der Waals surface area contributed by atoms with E-state index in [0.29, 0.717) is 0 Å². The van der Waals surface area contributed by atoms with Gasteiger partial charge in [-0.15, -0.1) is 0 Å². The maximum atomic E-state index is 11.4. The molecule has 2 aromatic rings. The highest BCUT2D eigenvalue weighted by Gasteiger charge is 2.43. The molecule has 0 atom stereocenters. The minimum absolute atomic E-state index is 0.0514. The van der Waals surface area contributed by atoms with Crippen LogP contribution in [-0.2, 0) is 0 Å². The van der Waals surface area contributed by atoms with Gasteiger partial charge in [0.05, 0.1) is 11.3 Å². The van der Waals surface area contributed by atoms with Crippen molar-refractivity contribution in [2.24, 2.45) is 0 Å². The second-order valence-electron chi connectivity index (χ2n) is 3.67. The van der Waals surface area contributed by atoms with Crippen molar-refractivity contribution >= 4 is 13.5 Å². The molecule has 0 saturated carbocycles. The van der Waals surface area contributed by atoms with Crippen LogP contribution in [0.4, 0.5) is 0 Å². The molecule has 92 valence electrons. The van der Waals surface area contributed by atoms with E-state index in [1.165, 1.54) is 12.1 Å². The van der Waals surface area contributed by atoms with Crippen LogP contribution >= 0.6 is 7.94 Å². The van der Waals surface area contributed by atoms with E-state index >= 15 is 0 Å². The van der Waals surface area contributed by atoms with E-state index in [2.05, 4.69) is 4.98 Å². The van der Waals surface area contributed by atoms with Gasteiger partial charge >= 0.3 is 13.5 Å². The Kier molecular flexibility index (Phi) is 3.50. The SMILES string of the molecule is O=C(c1ccc(-c2ccccn2)cc1)[P+](O)(O)O. The third kappa shape index (κ3) is 2.78. The van der Waals surface area contributed by atoms with E-state index in [1.807, 2.05) is 12.1 Å². The number of nitrogens with zero attached hydrogens (tertiary/aromatic N) is 1. The molecule has 2 rings (SSSR count). The summed E-state index contributed by atoms with van der Waals surface area (Å²) in [6.45, 7) is 0. The number of pyridine rings is 1. The van der Waals surface area contributed by atoms with Crippen molar-refractivity contribution in [3.8, 4) is 11.3 Å². The smallest absolute Gasteiger partial charge is 0.256 e. The third-order valence-electron chi connectivity index (χ3n) is 2.36. The molecule has 5 nitrogen and oxygen atoms in total. The maximum absolute atomic E-state index is 11.4. The van der Waals surface area contributed by atoms with E-state index in [4.69, 9.17) is 14.7 Å². The molecule has 0 unspecified atom stereocenters. The molecule has 0 aliphatic carbocycles. The van der Waals surface area contributed by atoms with Gasteiger partial charge in [0.15, 0.2) is 0 Å². The molecule has 18 heavy (non-hydrogen) atoms. The normalized spacial score (nSPS) is 11.3. The van der Waals surface area contributed by atoms with Crippen LogP contribution in [0.3, 0.4) is 0 Å². The lowest BCUT2D eigenvalue weighted by atomic mass is 10.1. The number of carbonyl (C=O) groups excluding carboxylic acids is 1. The van der Waals surface area contributed by atoms with Gasteiger partial charge in [0.25, 0.3) is 0 Å². The van der Waals surface area contributed by atoms with Gasteiger partial charge in [-0.1, -0.05) is 18.2 Å². The monoisotopic (exact) mass is 264 g/mol. The van der Waals surface area contributed by atoms with Gasteiger partial charge in [0.1, 0.15) is 0 Å². The van der Waals surface area contributed by atoms with Crippen molar-refractivity contribution < 1.29 is 19.5 Å². The molecule has 0 bridgehead atoms. The summed E-state index contributed by atoms with van der Waals surface area (Å²) in [5.74, 6) is 0. The summed E-state index contributed by atoms with van der Waals surface area (Å²) in [5.41, 5.74) is 0.532. The molecule has 0 aliphatic heterocycles. The standard InChI is InChI=1S/C12H11NO4P/c14-12(18(15,16)17)10-6-4-9(5-7-10)11-3-1-2-8-13-11/h1-8,15-17H/q+1. The third-order valence-corrected chi connectivity index (χ3v) is 3.17. The van der Waals surface area contributed by atoms with Crippen LogP contribution in [0.15, 0.2) is 48.7 Å². The fraction of sp³-hybridized carbons (Fsp3) is 0. The molecule has 0 radical (unpaired) electrons. The zero-order valence-electron chi connectivity index (χ0n) is 9.26. The molecule has 0 saturated heterocycles. The highest BCUT2D eigenvalue weighted by Crippen LogP contribution is 2.47. The second kappa shape index (κ2) is 4.92. The van der Waals surface area contributed by atoms with Gasteiger partial charge in [-0.3, -0.25) is 4.98 Å². The number of hydrogen-bond acceptors (Lipinski definition) is 5. The lowest BCUT2D eigenvalue weighted by Crippen LogP contribution is -2.05. The number of carbonyl (C=O) groups is 1. The van der Waals surface area contributed by atoms with Gasteiger partial charge in [0, 0.05) is 11.8 Å². The van der Waals surface area contributed by atoms with Crippen LogP contribution in [0.1, 0.15) is 10.4 Å². The highest BCUT2D eigenvalue weighted by molar-refractivity contribution is 7.76. The van der Waals surface area contributed by atoms with Crippen LogP contribution in [-0.4, -0.2) is 25.2 Å². The summed E-state index contributed by atoms with van der Waals surface area (Å²) in [4.78, 5) is 42.2. The van der Waals surface area contributed by atoms with Gasteiger partial charge in [-0.25, -0.2) is 4.79 Å². The van der Waals surface area contributed by atoms with E-state index in [-0.39, 0.29) is 5.56 Å². The highest BCUT2D eigenvalue weighted by atomic mass is 31.2. The fourth-order valence-corrected chi connectivity index (χ4v) is 1.99. The Labute approximate surface area is 104 Å². The molecule has 6 heteroatoms. The topological polar surface area (TPSA) is 90.7 Å². The first kappa shape index (κ1) is 12.8. The zero-order chi connectivity index (χ0) is 13.2. The predicted molar refractivity (Wildman–Crippen MR) is 67.6 cm³/mol. The Bertz CT molecular complexity index is 549. The lowest BCUT2D eigenvalue weighted by Gasteiger charge is -2.03. The Morgan fingerprint density at radius 1 is 1.00 bits per heavy atom. The van der Waals surface area contributed by atoms with Crippen molar-refractivity contribution in [1.82, 2.24) is 4.98 Å². The van der Waals surface area contributed by atoms with Crippen LogP contribution in [0.2, 0.25) is 0 Å². The van der Waals surface area contributed by atoms with Crippen molar-refractivity contribution in [3.05, 3.63) is 54.2 Å². The maximum Gasteiger partial charge on any atom is 0.483 e. The molecular formula is C12H11NO4P+. The van der Waals surface area contributed by atoms with Crippen molar-refractivity contribution in [2.45, 2.75) is 0 Å². The van der Waals surface area contributed by atoms with Gasteiger partial charge in [-0.2, -0.15) is 14.7 Å². The van der Waals surface area contributed by atoms with Gasteiger partial charge < -0.3 is 0 Å². The minimum atomic E-state index is -4.47. The second-order valence-corrected chi connectivity index (χ2v) is 5.21. The minimum Gasteiger partial charge on any atom is -0.256 e. The quantitative estimate of drug-likeness (QED) is 0.733. The van der Waals surface area contributed by atoms with Crippen molar-refractivity contribution in [3.63, 3.8) is 0 Å². The van der Waals surface area contributed by atoms with E-state index in [1.54, 1.807) is 24.4 Å². The first-order chi connectivity index (χ1) is 8.48. The molecule has 1 aromatic heterocycles. The largest absolute Gasteiger partial charge is 0.483 e. The summed E-state index contributed by atoms with van der Waals surface area (Å²) < 4.78 is 0. The van der Waals surface area contributed by atoms with Crippen LogP contribution in [0.25, 0.3) is 11.3 Å². The average Bonchev–Trinajstić information content (AvgIpc) is 2.38. The first-order valence-electron chi connectivity index (χ1n) is 5.12. The van der Waals surface area contributed by atoms with Gasteiger partial charge in [-0.05, 0) is 24.3 Å². The lowest BCUT2D eigenvalue weighted by molar-refractivity contribution is 0.102.